The number of ether oxygens (including phenoxy) is 1. The molecule has 8 heteroatoms. The topological polar surface area (TPSA) is 103 Å². The molecule has 1 rings (SSSR count). The lowest BCUT2D eigenvalue weighted by atomic mass is 10.4. The summed E-state index contributed by atoms with van der Waals surface area (Å²) in [6.45, 7) is 0.340. The predicted molar refractivity (Wildman–Crippen MR) is 54.4 cm³/mol. The molecule has 0 aliphatic carbocycles. The molecule has 0 fully saturated rings. The van der Waals surface area contributed by atoms with Crippen molar-refractivity contribution in [2.24, 2.45) is 0 Å². The summed E-state index contributed by atoms with van der Waals surface area (Å²) < 4.78 is 4.45. The summed E-state index contributed by atoms with van der Waals surface area (Å²) in [4.78, 5) is 21.9. The number of esters is 1. The van der Waals surface area contributed by atoms with Crippen molar-refractivity contribution in [1.29, 1.82) is 0 Å². The molecule has 0 spiro atoms. The van der Waals surface area contributed by atoms with Crippen LogP contribution < -0.4 is 11.1 Å². The normalized spacial score (nSPS) is 9.73. The summed E-state index contributed by atoms with van der Waals surface area (Å²) in [7, 11) is 1.32. The van der Waals surface area contributed by atoms with Crippen molar-refractivity contribution >= 4 is 29.5 Å². The molecule has 0 aliphatic heterocycles. The molecule has 3 N–H and O–H groups in total. The van der Waals surface area contributed by atoms with E-state index in [0.29, 0.717) is 6.54 Å². The van der Waals surface area contributed by atoms with Crippen LogP contribution >= 0.6 is 11.6 Å². The Balaban J connectivity index is 2.47. The quantitative estimate of drug-likeness (QED) is 0.708. The van der Waals surface area contributed by atoms with E-state index in [2.05, 4.69) is 25.0 Å². The maximum Gasteiger partial charge on any atom is 0.307 e. The van der Waals surface area contributed by atoms with Gasteiger partial charge in [0.15, 0.2) is 0 Å². The average Bonchev–Trinajstić information content (AvgIpc) is 2.16. The van der Waals surface area contributed by atoms with Crippen LogP contribution in [0.4, 0.5) is 11.9 Å². The Hall–Kier alpha value is -1.63. The molecule has 0 aromatic carbocycles. The van der Waals surface area contributed by atoms with Gasteiger partial charge in [-0.05, 0) is 11.6 Å². The highest BCUT2D eigenvalue weighted by atomic mass is 35.5. The molecule has 1 aromatic rings. The fourth-order valence-electron chi connectivity index (χ4n) is 0.823. The first-order valence-corrected chi connectivity index (χ1v) is 4.47. The number of carbonyl (C=O) groups excluding carboxylic acids is 1. The predicted octanol–water partition coefficient (Wildman–Crippen LogP) is 0.0822. The molecule has 0 atom stereocenters. The van der Waals surface area contributed by atoms with E-state index in [1.165, 1.54) is 7.11 Å². The van der Waals surface area contributed by atoms with Gasteiger partial charge in [-0.15, -0.1) is 0 Å². The first-order valence-electron chi connectivity index (χ1n) is 4.09. The number of hydrogen-bond acceptors (Lipinski definition) is 7. The van der Waals surface area contributed by atoms with Crippen molar-refractivity contribution in [1.82, 2.24) is 15.0 Å². The zero-order valence-corrected chi connectivity index (χ0v) is 8.78. The van der Waals surface area contributed by atoms with Gasteiger partial charge in [0.2, 0.25) is 17.2 Å². The number of nitrogens with zero attached hydrogens (tertiary/aromatic N) is 3. The maximum absolute atomic E-state index is 10.8. The molecule has 0 aliphatic rings. The average molecular weight is 232 g/mol. The van der Waals surface area contributed by atoms with E-state index in [9.17, 15) is 4.79 Å². The van der Waals surface area contributed by atoms with Crippen LogP contribution in [0.25, 0.3) is 0 Å². The number of hydrogen-bond donors (Lipinski definition) is 2. The maximum atomic E-state index is 10.8. The minimum absolute atomic E-state index is 0.00284. The van der Waals surface area contributed by atoms with Gasteiger partial charge in [-0.25, -0.2) is 0 Å². The Kier molecular flexibility index (Phi) is 4.04. The van der Waals surface area contributed by atoms with Crippen molar-refractivity contribution in [3.8, 4) is 0 Å². The zero-order chi connectivity index (χ0) is 11.3. The van der Waals surface area contributed by atoms with Crippen LogP contribution in [0, 0.1) is 0 Å². The minimum Gasteiger partial charge on any atom is -0.469 e. The summed E-state index contributed by atoms with van der Waals surface area (Å²) in [6.07, 6.45) is 0.208. The van der Waals surface area contributed by atoms with Gasteiger partial charge in [-0.1, -0.05) is 0 Å². The highest BCUT2D eigenvalue weighted by molar-refractivity contribution is 6.28. The van der Waals surface area contributed by atoms with Gasteiger partial charge >= 0.3 is 5.97 Å². The van der Waals surface area contributed by atoms with E-state index in [4.69, 9.17) is 17.3 Å². The standard InChI is InChI=1S/C7H10ClN5O2/c1-15-4(14)2-3-10-7-12-5(8)11-6(9)13-7/h2-3H2,1H3,(H3,9,10,11,12,13). The molecule has 0 saturated heterocycles. The second kappa shape index (κ2) is 5.30. The highest BCUT2D eigenvalue weighted by Crippen LogP contribution is 2.06. The van der Waals surface area contributed by atoms with Gasteiger partial charge in [0, 0.05) is 6.54 Å². The number of methoxy groups -OCH3 is 1. The summed E-state index contributed by atoms with van der Waals surface area (Å²) in [5.74, 6) is -0.0670. The third-order valence-electron chi connectivity index (χ3n) is 1.47. The minimum atomic E-state index is -0.323. The number of rotatable bonds is 4. The van der Waals surface area contributed by atoms with Crippen molar-refractivity contribution in [2.75, 3.05) is 24.7 Å². The summed E-state index contributed by atoms with van der Waals surface area (Å²) in [5, 5.41) is 2.77. The Morgan fingerprint density at radius 1 is 1.53 bits per heavy atom. The molecule has 82 valence electrons. The SMILES string of the molecule is COC(=O)CCNc1nc(N)nc(Cl)n1. The summed E-state index contributed by atoms with van der Waals surface area (Å²) in [5.41, 5.74) is 5.34. The van der Waals surface area contributed by atoms with Gasteiger partial charge in [-0.2, -0.15) is 15.0 Å². The number of halogens is 1. The second-order valence-electron chi connectivity index (χ2n) is 2.54. The van der Waals surface area contributed by atoms with Crippen molar-refractivity contribution < 1.29 is 9.53 Å². The van der Waals surface area contributed by atoms with E-state index in [-0.39, 0.29) is 29.6 Å². The first-order chi connectivity index (χ1) is 7.11. The molecule has 0 saturated carbocycles. The molecule has 1 heterocycles. The summed E-state index contributed by atoms with van der Waals surface area (Å²) in [6, 6.07) is 0. The van der Waals surface area contributed by atoms with E-state index in [0.717, 1.165) is 0 Å². The lowest BCUT2D eigenvalue weighted by Crippen LogP contribution is -2.12. The Bertz CT molecular complexity index is 339. The smallest absolute Gasteiger partial charge is 0.307 e. The van der Waals surface area contributed by atoms with Gasteiger partial charge in [-0.3, -0.25) is 4.79 Å². The molecular formula is C7H10ClN5O2. The lowest BCUT2D eigenvalue weighted by Gasteiger charge is -2.03. The van der Waals surface area contributed by atoms with Crippen LogP contribution in [0.1, 0.15) is 6.42 Å². The number of nitrogen functional groups attached to an aromatic ring is 1. The molecule has 0 radical (unpaired) electrons. The van der Waals surface area contributed by atoms with E-state index < -0.39 is 0 Å². The molecule has 0 amide bonds. The van der Waals surface area contributed by atoms with E-state index in [1.54, 1.807) is 0 Å². The first kappa shape index (κ1) is 11.4. The van der Waals surface area contributed by atoms with Crippen LogP contribution in [0.15, 0.2) is 0 Å². The van der Waals surface area contributed by atoms with Crippen LogP contribution in [-0.2, 0) is 9.53 Å². The Labute approximate surface area is 91.0 Å². The third kappa shape index (κ3) is 3.94. The fraction of sp³-hybridized carbons (Fsp3) is 0.429. The monoisotopic (exact) mass is 231 g/mol. The van der Waals surface area contributed by atoms with Crippen LogP contribution in [0.5, 0.6) is 0 Å². The summed E-state index contributed by atoms with van der Waals surface area (Å²) >= 11 is 5.55. The number of nitrogens with one attached hydrogen (secondary N) is 1. The van der Waals surface area contributed by atoms with Crippen molar-refractivity contribution in [3.63, 3.8) is 0 Å². The third-order valence-corrected chi connectivity index (χ3v) is 1.63. The fourth-order valence-corrected chi connectivity index (χ4v) is 0.990. The molecule has 7 nitrogen and oxygen atoms in total. The number of carbonyl (C=O) groups is 1. The molecule has 1 aromatic heterocycles. The van der Waals surface area contributed by atoms with Gasteiger partial charge in [0.25, 0.3) is 0 Å². The van der Waals surface area contributed by atoms with Gasteiger partial charge in [0.05, 0.1) is 13.5 Å². The number of aromatic nitrogens is 3. The van der Waals surface area contributed by atoms with Crippen LogP contribution in [0.2, 0.25) is 5.28 Å². The zero-order valence-electron chi connectivity index (χ0n) is 8.03. The Morgan fingerprint density at radius 3 is 2.87 bits per heavy atom. The van der Waals surface area contributed by atoms with E-state index in [1.807, 2.05) is 0 Å². The van der Waals surface area contributed by atoms with Gasteiger partial charge in [0.1, 0.15) is 0 Å². The molecule has 15 heavy (non-hydrogen) atoms. The van der Waals surface area contributed by atoms with Gasteiger partial charge < -0.3 is 15.8 Å². The lowest BCUT2D eigenvalue weighted by molar-refractivity contribution is -0.140. The van der Waals surface area contributed by atoms with Crippen LogP contribution in [-0.4, -0.2) is 34.6 Å². The largest absolute Gasteiger partial charge is 0.469 e. The van der Waals surface area contributed by atoms with Crippen LogP contribution in [0.3, 0.4) is 0 Å². The van der Waals surface area contributed by atoms with Crippen molar-refractivity contribution in [3.05, 3.63) is 5.28 Å². The second-order valence-corrected chi connectivity index (χ2v) is 2.88. The Morgan fingerprint density at radius 2 is 2.27 bits per heavy atom. The number of anilines is 2. The number of nitrogens with two attached hydrogens (primary N) is 1. The molecule has 0 unspecified atom stereocenters. The van der Waals surface area contributed by atoms with E-state index >= 15 is 0 Å². The molecule has 0 bridgehead atoms. The van der Waals surface area contributed by atoms with Crippen molar-refractivity contribution in [2.45, 2.75) is 6.42 Å². The highest BCUT2D eigenvalue weighted by Gasteiger charge is 2.03. The molecular weight excluding hydrogens is 222 g/mol.